The Bertz CT molecular complexity index is 1360. The SMILES string of the molecule is O=C(COc1ccc(C=C2C(=O)NC(=O)N(c3cccc(Cl)c3)C2=O)cc1)Nc1ccccc1F. The third-order valence-electron chi connectivity index (χ3n) is 4.88. The Morgan fingerprint density at radius 1 is 1.03 bits per heavy atom. The van der Waals surface area contributed by atoms with Crippen LogP contribution in [0.15, 0.2) is 78.4 Å². The molecule has 35 heavy (non-hydrogen) atoms. The van der Waals surface area contributed by atoms with Gasteiger partial charge in [-0.15, -0.1) is 0 Å². The number of amides is 5. The van der Waals surface area contributed by atoms with Crippen LogP contribution in [0.25, 0.3) is 6.08 Å². The van der Waals surface area contributed by atoms with Crippen LogP contribution in [0, 0.1) is 5.82 Å². The molecule has 0 atom stereocenters. The predicted octanol–water partition coefficient (Wildman–Crippen LogP) is 4.16. The van der Waals surface area contributed by atoms with Gasteiger partial charge in [-0.1, -0.05) is 41.9 Å². The van der Waals surface area contributed by atoms with Gasteiger partial charge in [-0.3, -0.25) is 19.7 Å². The fourth-order valence-electron chi connectivity index (χ4n) is 3.23. The molecule has 0 aliphatic carbocycles. The summed E-state index contributed by atoms with van der Waals surface area (Å²) in [6, 6.07) is 17.2. The third kappa shape index (κ3) is 5.53. The molecule has 3 aromatic rings. The highest BCUT2D eigenvalue weighted by atomic mass is 35.5. The smallest absolute Gasteiger partial charge is 0.335 e. The first-order valence-electron chi connectivity index (χ1n) is 10.3. The lowest BCUT2D eigenvalue weighted by Crippen LogP contribution is -2.54. The zero-order valence-corrected chi connectivity index (χ0v) is 18.7. The minimum absolute atomic E-state index is 0.0452. The van der Waals surface area contributed by atoms with E-state index in [0.717, 1.165) is 4.90 Å². The van der Waals surface area contributed by atoms with E-state index in [-0.39, 0.29) is 23.6 Å². The van der Waals surface area contributed by atoms with Crippen molar-refractivity contribution < 1.29 is 28.3 Å². The maximum absolute atomic E-state index is 13.6. The van der Waals surface area contributed by atoms with E-state index in [1.54, 1.807) is 30.3 Å². The third-order valence-corrected chi connectivity index (χ3v) is 5.11. The van der Waals surface area contributed by atoms with E-state index in [1.165, 1.54) is 48.5 Å². The highest BCUT2D eigenvalue weighted by molar-refractivity contribution is 6.39. The standard InChI is InChI=1S/C25H17ClFN3O5/c26-16-4-3-5-17(13-16)30-24(33)19(23(32)29-25(30)34)12-15-8-10-18(11-9-15)35-14-22(31)28-21-7-2-1-6-20(21)27/h1-13H,14H2,(H,28,31)(H,29,32,34). The van der Waals surface area contributed by atoms with Crippen LogP contribution in [-0.4, -0.2) is 30.4 Å². The van der Waals surface area contributed by atoms with Gasteiger partial charge in [0.05, 0.1) is 11.4 Å². The number of rotatable bonds is 6. The van der Waals surface area contributed by atoms with Gasteiger partial charge in [-0.2, -0.15) is 0 Å². The summed E-state index contributed by atoms with van der Waals surface area (Å²) < 4.78 is 19.0. The number of hydrogen-bond acceptors (Lipinski definition) is 5. The molecule has 176 valence electrons. The van der Waals surface area contributed by atoms with Crippen molar-refractivity contribution in [2.45, 2.75) is 0 Å². The van der Waals surface area contributed by atoms with Gasteiger partial charge in [0.25, 0.3) is 17.7 Å². The van der Waals surface area contributed by atoms with Crippen LogP contribution in [0.3, 0.4) is 0 Å². The van der Waals surface area contributed by atoms with Crippen molar-refractivity contribution in [1.29, 1.82) is 0 Å². The van der Waals surface area contributed by atoms with E-state index < -0.39 is 29.6 Å². The van der Waals surface area contributed by atoms with Crippen LogP contribution in [0.4, 0.5) is 20.6 Å². The first kappa shape index (κ1) is 23.7. The molecule has 1 fully saturated rings. The fraction of sp³-hybridized carbons (Fsp3) is 0.0400. The van der Waals surface area contributed by atoms with Gasteiger partial charge in [0, 0.05) is 5.02 Å². The molecule has 10 heteroatoms. The van der Waals surface area contributed by atoms with E-state index >= 15 is 0 Å². The first-order chi connectivity index (χ1) is 16.8. The lowest BCUT2D eigenvalue weighted by molar-refractivity contribution is -0.122. The normalized spacial score (nSPS) is 14.6. The molecule has 1 heterocycles. The van der Waals surface area contributed by atoms with Gasteiger partial charge in [0.2, 0.25) is 0 Å². The van der Waals surface area contributed by atoms with Crippen molar-refractivity contribution in [1.82, 2.24) is 5.32 Å². The Labute approximate surface area is 203 Å². The van der Waals surface area contributed by atoms with Crippen LogP contribution < -0.4 is 20.3 Å². The fourth-order valence-corrected chi connectivity index (χ4v) is 3.42. The molecule has 1 aliphatic rings. The Morgan fingerprint density at radius 3 is 2.49 bits per heavy atom. The number of benzene rings is 3. The summed E-state index contributed by atoms with van der Waals surface area (Å²) in [6.07, 6.45) is 1.33. The lowest BCUT2D eigenvalue weighted by atomic mass is 10.1. The zero-order chi connectivity index (χ0) is 24.9. The Morgan fingerprint density at radius 2 is 1.77 bits per heavy atom. The number of imide groups is 2. The number of ether oxygens (including phenoxy) is 1. The van der Waals surface area contributed by atoms with Crippen LogP contribution in [0.5, 0.6) is 5.75 Å². The number of nitrogens with zero attached hydrogens (tertiary/aromatic N) is 1. The monoisotopic (exact) mass is 493 g/mol. The van der Waals surface area contributed by atoms with Crippen molar-refractivity contribution in [2.24, 2.45) is 0 Å². The number of urea groups is 1. The van der Waals surface area contributed by atoms with Gasteiger partial charge in [-0.25, -0.2) is 14.1 Å². The van der Waals surface area contributed by atoms with Crippen LogP contribution in [-0.2, 0) is 14.4 Å². The van der Waals surface area contributed by atoms with E-state index in [1.807, 2.05) is 0 Å². The molecular weight excluding hydrogens is 477 g/mol. The minimum Gasteiger partial charge on any atom is -0.484 e. The van der Waals surface area contributed by atoms with Crippen molar-refractivity contribution in [2.75, 3.05) is 16.8 Å². The van der Waals surface area contributed by atoms with Gasteiger partial charge in [-0.05, 0) is 54.1 Å². The molecule has 0 unspecified atom stereocenters. The molecule has 0 radical (unpaired) electrons. The van der Waals surface area contributed by atoms with Gasteiger partial charge < -0.3 is 10.1 Å². The molecule has 0 bridgehead atoms. The largest absolute Gasteiger partial charge is 0.484 e. The summed E-state index contributed by atoms with van der Waals surface area (Å²) >= 11 is 5.96. The summed E-state index contributed by atoms with van der Waals surface area (Å²) in [5.41, 5.74) is 0.495. The molecule has 0 spiro atoms. The van der Waals surface area contributed by atoms with E-state index in [0.29, 0.717) is 16.3 Å². The summed E-state index contributed by atoms with van der Waals surface area (Å²) in [6.45, 7) is -0.355. The second-order valence-electron chi connectivity index (χ2n) is 7.32. The van der Waals surface area contributed by atoms with Crippen molar-refractivity contribution >= 4 is 52.8 Å². The molecule has 1 saturated heterocycles. The van der Waals surface area contributed by atoms with Crippen molar-refractivity contribution in [3.8, 4) is 5.75 Å². The lowest BCUT2D eigenvalue weighted by Gasteiger charge is -2.26. The second kappa shape index (κ2) is 10.2. The average Bonchev–Trinajstić information content (AvgIpc) is 2.82. The highest BCUT2D eigenvalue weighted by Crippen LogP contribution is 2.25. The Kier molecular flexibility index (Phi) is 6.88. The molecule has 0 aromatic heterocycles. The number of hydrogen-bond donors (Lipinski definition) is 2. The Hall–Kier alpha value is -4.50. The number of carbonyl (C=O) groups is 4. The summed E-state index contributed by atoms with van der Waals surface area (Å²) in [5, 5.41) is 4.87. The summed E-state index contributed by atoms with van der Waals surface area (Å²) in [4.78, 5) is 50.3. The first-order valence-corrected chi connectivity index (χ1v) is 10.6. The number of para-hydroxylation sites is 1. The molecule has 4 rings (SSSR count). The number of anilines is 2. The summed E-state index contributed by atoms with van der Waals surface area (Å²) in [5.74, 6) is -2.40. The summed E-state index contributed by atoms with van der Waals surface area (Å²) in [7, 11) is 0. The van der Waals surface area contributed by atoms with E-state index in [9.17, 15) is 23.6 Å². The minimum atomic E-state index is -0.878. The molecule has 0 saturated carbocycles. The van der Waals surface area contributed by atoms with Crippen LogP contribution >= 0.6 is 11.6 Å². The van der Waals surface area contributed by atoms with Gasteiger partial charge >= 0.3 is 6.03 Å². The van der Waals surface area contributed by atoms with E-state index in [4.69, 9.17) is 16.3 Å². The van der Waals surface area contributed by atoms with Crippen LogP contribution in [0.1, 0.15) is 5.56 Å². The number of halogens is 2. The number of carbonyl (C=O) groups excluding carboxylic acids is 4. The number of barbiturate groups is 1. The van der Waals surface area contributed by atoms with Gasteiger partial charge in [0.1, 0.15) is 17.1 Å². The highest BCUT2D eigenvalue weighted by Gasteiger charge is 2.36. The predicted molar refractivity (Wildman–Crippen MR) is 127 cm³/mol. The molecular formula is C25H17ClFN3O5. The van der Waals surface area contributed by atoms with Gasteiger partial charge in [0.15, 0.2) is 6.61 Å². The maximum Gasteiger partial charge on any atom is 0.335 e. The Balaban J connectivity index is 1.44. The second-order valence-corrected chi connectivity index (χ2v) is 7.76. The molecule has 3 aromatic carbocycles. The quantitative estimate of drug-likeness (QED) is 0.396. The molecule has 2 N–H and O–H groups in total. The van der Waals surface area contributed by atoms with Crippen molar-refractivity contribution in [3.63, 3.8) is 0 Å². The average molecular weight is 494 g/mol. The number of nitrogens with one attached hydrogen (secondary N) is 2. The zero-order valence-electron chi connectivity index (χ0n) is 18.0. The topological polar surface area (TPSA) is 105 Å². The maximum atomic E-state index is 13.6. The van der Waals surface area contributed by atoms with Crippen LogP contribution in [0.2, 0.25) is 5.02 Å². The molecule has 8 nitrogen and oxygen atoms in total. The van der Waals surface area contributed by atoms with E-state index in [2.05, 4.69) is 10.6 Å². The van der Waals surface area contributed by atoms with Crippen molar-refractivity contribution in [3.05, 3.63) is 94.8 Å². The molecule has 1 aliphatic heterocycles. The molecule has 5 amide bonds.